The number of carboxylic acids is 1. The lowest BCUT2D eigenvalue weighted by Gasteiger charge is -2.39. The van der Waals surface area contributed by atoms with Gasteiger partial charge in [0.15, 0.2) is 0 Å². The van der Waals surface area contributed by atoms with Crippen molar-refractivity contribution in [3.8, 4) is 5.75 Å². The molecule has 2 atom stereocenters. The molecule has 244 valence electrons. The number of carbonyl (C=O) groups excluding carboxylic acids is 2. The average molecular weight is 634 g/mol. The van der Waals surface area contributed by atoms with Gasteiger partial charge in [-0.1, -0.05) is 18.2 Å². The smallest absolute Gasteiger partial charge is 0.416 e. The van der Waals surface area contributed by atoms with E-state index in [1.165, 1.54) is 25.0 Å². The highest BCUT2D eigenvalue weighted by atomic mass is 19.4. The van der Waals surface area contributed by atoms with E-state index in [-0.39, 0.29) is 44.4 Å². The molecular formula is C33H39F4N3O5. The molecule has 0 aliphatic carbocycles. The molecule has 0 radical (unpaired) electrons. The summed E-state index contributed by atoms with van der Waals surface area (Å²) in [6.45, 7) is 2.59. The van der Waals surface area contributed by atoms with Gasteiger partial charge in [0, 0.05) is 50.9 Å². The van der Waals surface area contributed by atoms with Gasteiger partial charge in [0.25, 0.3) is 5.91 Å². The third-order valence-electron chi connectivity index (χ3n) is 9.53. The van der Waals surface area contributed by atoms with Crippen molar-refractivity contribution in [1.29, 1.82) is 0 Å². The normalized spacial score (nSPS) is 23.7. The summed E-state index contributed by atoms with van der Waals surface area (Å²) in [5.41, 5.74) is -1.23. The molecule has 0 aromatic heterocycles. The van der Waals surface area contributed by atoms with E-state index in [1.54, 1.807) is 29.2 Å². The maximum atomic E-state index is 17.0. The van der Waals surface area contributed by atoms with Crippen molar-refractivity contribution in [2.45, 2.75) is 56.3 Å². The van der Waals surface area contributed by atoms with Gasteiger partial charge in [0.2, 0.25) is 5.67 Å². The van der Waals surface area contributed by atoms with Gasteiger partial charge in [0.05, 0.1) is 25.1 Å². The summed E-state index contributed by atoms with van der Waals surface area (Å²) in [6, 6.07) is 10.6. The van der Waals surface area contributed by atoms with E-state index in [9.17, 15) is 32.7 Å². The van der Waals surface area contributed by atoms with E-state index in [1.807, 2.05) is 4.90 Å². The number of nitrogens with zero attached hydrogens (tertiary/aromatic N) is 3. The van der Waals surface area contributed by atoms with Crippen LogP contribution < -0.4 is 9.64 Å². The highest BCUT2D eigenvalue weighted by Crippen LogP contribution is 2.44. The number of aliphatic carboxylic acids is 1. The molecule has 3 heterocycles. The molecule has 3 fully saturated rings. The number of methoxy groups -OCH3 is 1. The average Bonchev–Trinajstić information content (AvgIpc) is 3.36. The van der Waals surface area contributed by atoms with Crippen LogP contribution in [0, 0.1) is 5.92 Å². The highest BCUT2D eigenvalue weighted by Gasteiger charge is 2.55. The van der Waals surface area contributed by atoms with Gasteiger partial charge in [-0.2, -0.15) is 13.2 Å². The molecule has 3 aliphatic heterocycles. The molecule has 8 nitrogen and oxygen atoms in total. The van der Waals surface area contributed by atoms with Crippen molar-refractivity contribution in [3.63, 3.8) is 0 Å². The number of hydrogen-bond acceptors (Lipinski definition) is 6. The second kappa shape index (κ2) is 13.0. The van der Waals surface area contributed by atoms with Crippen molar-refractivity contribution >= 4 is 23.3 Å². The summed E-state index contributed by atoms with van der Waals surface area (Å²) in [5, 5.41) is 9.38. The number of benzene rings is 2. The molecule has 0 spiro atoms. The molecule has 0 bridgehead atoms. The number of ketones is 1. The Morgan fingerprint density at radius 1 is 0.978 bits per heavy atom. The maximum Gasteiger partial charge on any atom is 0.416 e. The Hall–Kier alpha value is -3.67. The SMILES string of the molecule is COc1ccc([C@@H]2CN(CC(C)=O)C[C@@]2(F)C(=O)N2CCC(c3ccc(C(F)(F)F)cc3N3CCC(C(=O)O)CC3)CC2)cc1. The van der Waals surface area contributed by atoms with Gasteiger partial charge < -0.3 is 19.6 Å². The summed E-state index contributed by atoms with van der Waals surface area (Å²) in [7, 11) is 1.53. The largest absolute Gasteiger partial charge is 0.497 e. The van der Waals surface area contributed by atoms with Crippen LogP contribution in [0.5, 0.6) is 5.75 Å². The topological polar surface area (TPSA) is 90.4 Å². The third kappa shape index (κ3) is 6.95. The van der Waals surface area contributed by atoms with Crippen molar-refractivity contribution in [3.05, 3.63) is 59.2 Å². The number of carboxylic acid groups (broad SMARTS) is 1. The summed E-state index contributed by atoms with van der Waals surface area (Å²) in [6.07, 6.45) is -2.97. The van der Waals surface area contributed by atoms with E-state index < -0.39 is 41.1 Å². The quantitative estimate of drug-likeness (QED) is 0.404. The molecule has 5 rings (SSSR count). The standard InChI is InChI=1S/C33H39F4N3O5/c1-21(41)18-38-19-28(23-3-6-26(45-2)7-4-23)32(34,20-38)31(44)40-15-9-22(10-16-40)27-8-5-25(33(35,36)37)17-29(27)39-13-11-24(12-14-39)30(42)43/h3-8,17,22,24,28H,9-16,18-20H2,1-2H3,(H,42,43)/t28-,32-/m0/s1. The summed E-state index contributed by atoms with van der Waals surface area (Å²) >= 11 is 0. The molecule has 2 aromatic rings. The van der Waals surface area contributed by atoms with Gasteiger partial charge in [-0.3, -0.25) is 19.3 Å². The molecule has 1 N–H and O–H groups in total. The number of rotatable bonds is 8. The lowest BCUT2D eigenvalue weighted by molar-refractivity contribution is -0.145. The number of Topliss-reactive ketones (excluding diaryl/α,β-unsaturated/α-hetero) is 1. The number of piperidine rings is 2. The summed E-state index contributed by atoms with van der Waals surface area (Å²) in [5.74, 6) is -2.54. The van der Waals surface area contributed by atoms with E-state index in [2.05, 4.69) is 0 Å². The van der Waals surface area contributed by atoms with Crippen LogP contribution in [0.2, 0.25) is 0 Å². The highest BCUT2D eigenvalue weighted by molar-refractivity contribution is 5.88. The number of likely N-dealkylation sites (tertiary alicyclic amines) is 2. The van der Waals surface area contributed by atoms with E-state index in [4.69, 9.17) is 4.74 Å². The molecule has 2 aromatic carbocycles. The third-order valence-corrected chi connectivity index (χ3v) is 9.53. The number of halogens is 4. The lowest BCUT2D eigenvalue weighted by atomic mass is 9.83. The fourth-order valence-electron chi connectivity index (χ4n) is 7.12. The lowest BCUT2D eigenvalue weighted by Crippen LogP contribution is -2.52. The number of alkyl halides is 4. The Balaban J connectivity index is 1.34. The van der Waals surface area contributed by atoms with E-state index >= 15 is 4.39 Å². The van der Waals surface area contributed by atoms with Crippen LogP contribution >= 0.6 is 0 Å². The minimum Gasteiger partial charge on any atom is -0.497 e. The zero-order valence-electron chi connectivity index (χ0n) is 25.5. The number of hydrogen-bond donors (Lipinski definition) is 1. The zero-order valence-corrected chi connectivity index (χ0v) is 25.5. The van der Waals surface area contributed by atoms with Crippen LogP contribution in [0.25, 0.3) is 0 Å². The zero-order chi connectivity index (χ0) is 32.5. The van der Waals surface area contributed by atoms with E-state index in [0.29, 0.717) is 55.8 Å². The van der Waals surface area contributed by atoms with Crippen LogP contribution in [0.1, 0.15) is 61.1 Å². The number of anilines is 1. The minimum atomic E-state index is -4.53. The predicted octanol–water partition coefficient (Wildman–Crippen LogP) is 5.12. The van der Waals surface area contributed by atoms with E-state index in [0.717, 1.165) is 17.7 Å². The predicted molar refractivity (Wildman–Crippen MR) is 159 cm³/mol. The van der Waals surface area contributed by atoms with Crippen molar-refractivity contribution in [1.82, 2.24) is 9.80 Å². The fourth-order valence-corrected chi connectivity index (χ4v) is 7.12. The first-order chi connectivity index (χ1) is 21.3. The van der Waals surface area contributed by atoms with Crippen LogP contribution in [0.15, 0.2) is 42.5 Å². The van der Waals surface area contributed by atoms with Gasteiger partial charge in [-0.05, 0) is 73.9 Å². The second-order valence-electron chi connectivity index (χ2n) is 12.5. The Morgan fingerprint density at radius 3 is 2.18 bits per heavy atom. The molecule has 0 unspecified atom stereocenters. The summed E-state index contributed by atoms with van der Waals surface area (Å²) in [4.78, 5) is 42.2. The Bertz CT molecular complexity index is 1400. The Kier molecular flexibility index (Phi) is 9.44. The molecular weight excluding hydrogens is 594 g/mol. The van der Waals surface area contributed by atoms with Crippen LogP contribution in [0.3, 0.4) is 0 Å². The van der Waals surface area contributed by atoms with Crippen LogP contribution in [-0.4, -0.2) is 91.2 Å². The minimum absolute atomic E-state index is 0.0358. The monoisotopic (exact) mass is 633 g/mol. The molecule has 3 saturated heterocycles. The molecule has 0 saturated carbocycles. The van der Waals surface area contributed by atoms with Crippen molar-refractivity contribution in [2.24, 2.45) is 5.92 Å². The number of carbonyl (C=O) groups is 3. The molecule has 3 aliphatic rings. The number of ether oxygens (including phenoxy) is 1. The Morgan fingerprint density at radius 2 is 1.62 bits per heavy atom. The second-order valence-corrected chi connectivity index (χ2v) is 12.5. The maximum absolute atomic E-state index is 17.0. The van der Waals surface area contributed by atoms with Crippen LogP contribution in [-0.2, 0) is 20.6 Å². The van der Waals surface area contributed by atoms with Gasteiger partial charge >= 0.3 is 12.1 Å². The molecule has 1 amide bonds. The van der Waals surface area contributed by atoms with Gasteiger partial charge in [0.1, 0.15) is 11.5 Å². The molecule has 12 heteroatoms. The van der Waals surface area contributed by atoms with Crippen molar-refractivity contribution in [2.75, 3.05) is 57.8 Å². The Labute approximate surface area is 259 Å². The van der Waals surface area contributed by atoms with Gasteiger partial charge in [-0.15, -0.1) is 0 Å². The van der Waals surface area contributed by atoms with Gasteiger partial charge in [-0.25, -0.2) is 4.39 Å². The molecule has 45 heavy (non-hydrogen) atoms. The summed E-state index contributed by atoms with van der Waals surface area (Å²) < 4.78 is 63.2. The van der Waals surface area contributed by atoms with Crippen molar-refractivity contribution < 1.29 is 41.8 Å². The first-order valence-corrected chi connectivity index (χ1v) is 15.3. The van der Waals surface area contributed by atoms with Crippen LogP contribution in [0.4, 0.5) is 23.2 Å². The first-order valence-electron chi connectivity index (χ1n) is 15.3. The fraction of sp³-hybridized carbons (Fsp3) is 0.545. The number of amides is 1. The first kappa shape index (κ1) is 32.7.